The maximum absolute atomic E-state index is 6.81. The fraction of sp³-hybridized carbons (Fsp3) is 1.00. The molecule has 2 aliphatic rings. The van der Waals surface area contributed by atoms with Crippen LogP contribution in [0.15, 0.2) is 0 Å². The van der Waals surface area contributed by atoms with Gasteiger partial charge in [0.15, 0.2) is 0 Å². The maximum Gasteiger partial charge on any atom is 0.0783 e. The number of rotatable bonds is 4. The van der Waals surface area contributed by atoms with E-state index in [1.165, 1.54) is 44.9 Å². The number of alkyl halides is 1. The Kier molecular flexibility index (Phi) is 5.99. The summed E-state index contributed by atoms with van der Waals surface area (Å²) in [5.74, 6) is 3.24. The van der Waals surface area contributed by atoms with E-state index in [1.54, 1.807) is 0 Å². The third-order valence-corrected chi connectivity index (χ3v) is 6.81. The summed E-state index contributed by atoms with van der Waals surface area (Å²) in [6.07, 6.45) is 9.67. The third-order valence-electron chi connectivity index (χ3n) is 5.79. The van der Waals surface area contributed by atoms with Gasteiger partial charge in [0.05, 0.1) is 11.7 Å². The number of ether oxygens (including phenoxy) is 1. The van der Waals surface area contributed by atoms with Crippen molar-refractivity contribution in [2.24, 2.45) is 23.7 Å². The Labute approximate surface area is 134 Å². The van der Waals surface area contributed by atoms with Gasteiger partial charge in [-0.2, -0.15) is 0 Å². The molecule has 0 saturated heterocycles. The summed E-state index contributed by atoms with van der Waals surface area (Å²) in [4.78, 5) is 0. The lowest BCUT2D eigenvalue weighted by Crippen LogP contribution is -2.46. The molecule has 0 spiro atoms. The second-order valence-corrected chi connectivity index (χ2v) is 8.54. The Morgan fingerprint density at radius 2 is 1.70 bits per heavy atom. The van der Waals surface area contributed by atoms with E-state index in [-0.39, 0.29) is 5.60 Å². The van der Waals surface area contributed by atoms with E-state index in [2.05, 4.69) is 43.6 Å². The Bertz CT molecular complexity index is 294. The monoisotopic (exact) mass is 344 g/mol. The van der Waals surface area contributed by atoms with Gasteiger partial charge in [-0.05, 0) is 62.2 Å². The van der Waals surface area contributed by atoms with E-state index in [9.17, 15) is 0 Å². The Balaban J connectivity index is 2.03. The van der Waals surface area contributed by atoms with Crippen LogP contribution in [0.5, 0.6) is 0 Å². The zero-order valence-electron chi connectivity index (χ0n) is 13.8. The van der Waals surface area contributed by atoms with E-state index in [1.807, 2.05) is 0 Å². The first-order valence-electron chi connectivity index (χ1n) is 8.69. The van der Waals surface area contributed by atoms with Crippen molar-refractivity contribution in [3.05, 3.63) is 0 Å². The van der Waals surface area contributed by atoms with E-state index in [0.717, 1.165) is 29.0 Å². The molecule has 0 N–H and O–H groups in total. The highest BCUT2D eigenvalue weighted by Crippen LogP contribution is 2.42. The fourth-order valence-electron chi connectivity index (χ4n) is 4.14. The van der Waals surface area contributed by atoms with Crippen molar-refractivity contribution in [3.63, 3.8) is 0 Å². The minimum atomic E-state index is 0.126. The molecule has 2 heteroatoms. The molecule has 0 aromatic carbocycles. The van der Waals surface area contributed by atoms with Gasteiger partial charge in [-0.25, -0.2) is 0 Å². The first-order chi connectivity index (χ1) is 9.46. The summed E-state index contributed by atoms with van der Waals surface area (Å²) >= 11 is 3.76. The molecule has 3 unspecified atom stereocenters. The quantitative estimate of drug-likeness (QED) is 0.585. The summed E-state index contributed by atoms with van der Waals surface area (Å²) in [7, 11) is 0. The van der Waals surface area contributed by atoms with E-state index >= 15 is 0 Å². The molecule has 0 aliphatic heterocycles. The zero-order valence-corrected chi connectivity index (χ0v) is 15.4. The lowest BCUT2D eigenvalue weighted by molar-refractivity contribution is -0.145. The van der Waals surface area contributed by atoms with Crippen molar-refractivity contribution in [1.82, 2.24) is 0 Å². The summed E-state index contributed by atoms with van der Waals surface area (Å²) in [6, 6.07) is 0. The van der Waals surface area contributed by atoms with Crippen LogP contribution in [-0.4, -0.2) is 17.0 Å². The van der Waals surface area contributed by atoms with Crippen molar-refractivity contribution in [1.29, 1.82) is 0 Å². The van der Waals surface area contributed by atoms with Gasteiger partial charge in [0.1, 0.15) is 0 Å². The highest BCUT2D eigenvalue weighted by molar-refractivity contribution is 9.09. The molecule has 0 aromatic heterocycles. The van der Waals surface area contributed by atoms with Gasteiger partial charge in [0, 0.05) is 5.33 Å². The fourth-order valence-corrected chi connectivity index (χ4v) is 4.84. The normalized spacial score (nSPS) is 42.9. The molecule has 2 aliphatic carbocycles. The van der Waals surface area contributed by atoms with E-state index in [0.29, 0.717) is 6.10 Å². The summed E-state index contributed by atoms with van der Waals surface area (Å²) in [5.41, 5.74) is 0.126. The Morgan fingerprint density at radius 1 is 1.05 bits per heavy atom. The van der Waals surface area contributed by atoms with Gasteiger partial charge in [-0.15, -0.1) is 0 Å². The van der Waals surface area contributed by atoms with Gasteiger partial charge in [0.25, 0.3) is 0 Å². The average molecular weight is 345 g/mol. The summed E-state index contributed by atoms with van der Waals surface area (Å²) in [6.45, 7) is 9.54. The van der Waals surface area contributed by atoms with E-state index in [4.69, 9.17) is 4.74 Å². The lowest BCUT2D eigenvalue weighted by atomic mass is 9.74. The summed E-state index contributed by atoms with van der Waals surface area (Å²) in [5, 5.41) is 1.02. The van der Waals surface area contributed by atoms with Crippen LogP contribution in [0.4, 0.5) is 0 Å². The van der Waals surface area contributed by atoms with Crippen LogP contribution in [0.2, 0.25) is 0 Å². The topological polar surface area (TPSA) is 9.23 Å². The van der Waals surface area contributed by atoms with Gasteiger partial charge in [-0.3, -0.25) is 0 Å². The molecule has 0 radical (unpaired) electrons. The van der Waals surface area contributed by atoms with E-state index < -0.39 is 0 Å². The maximum atomic E-state index is 6.81. The standard InChI is InChI=1S/C18H33BrO/c1-13(2)16-6-5-15(4)11-17(16)20-18(12-19)9-7-14(3)8-10-18/h13-17H,5-12H2,1-4H3. The van der Waals surface area contributed by atoms with Crippen LogP contribution in [0.3, 0.4) is 0 Å². The molecule has 0 aromatic rings. The number of hydrogen-bond donors (Lipinski definition) is 0. The smallest absolute Gasteiger partial charge is 0.0783 e. The minimum Gasteiger partial charge on any atom is -0.371 e. The van der Waals surface area contributed by atoms with Crippen LogP contribution in [0, 0.1) is 23.7 Å². The lowest BCUT2D eigenvalue weighted by Gasteiger charge is -2.46. The van der Waals surface area contributed by atoms with Gasteiger partial charge < -0.3 is 4.74 Å². The van der Waals surface area contributed by atoms with Crippen LogP contribution in [-0.2, 0) is 4.74 Å². The van der Waals surface area contributed by atoms with Crippen LogP contribution in [0.1, 0.15) is 72.6 Å². The predicted molar refractivity (Wildman–Crippen MR) is 90.4 cm³/mol. The van der Waals surface area contributed by atoms with Gasteiger partial charge >= 0.3 is 0 Å². The number of halogens is 1. The summed E-state index contributed by atoms with van der Waals surface area (Å²) < 4.78 is 6.81. The molecular weight excluding hydrogens is 312 g/mol. The minimum absolute atomic E-state index is 0.126. The van der Waals surface area contributed by atoms with Crippen LogP contribution < -0.4 is 0 Å². The zero-order chi connectivity index (χ0) is 14.8. The molecule has 2 saturated carbocycles. The van der Waals surface area contributed by atoms with Gasteiger partial charge in [-0.1, -0.05) is 50.0 Å². The molecule has 118 valence electrons. The highest BCUT2D eigenvalue weighted by atomic mass is 79.9. The highest BCUT2D eigenvalue weighted by Gasteiger charge is 2.40. The molecule has 0 amide bonds. The second-order valence-electron chi connectivity index (χ2n) is 7.98. The van der Waals surface area contributed by atoms with Crippen molar-refractivity contribution in [2.75, 3.05) is 5.33 Å². The molecular formula is C18H33BrO. The Morgan fingerprint density at radius 3 is 2.25 bits per heavy atom. The van der Waals surface area contributed by atoms with Crippen molar-refractivity contribution >= 4 is 15.9 Å². The molecule has 2 rings (SSSR count). The molecule has 0 heterocycles. The first kappa shape index (κ1) is 16.8. The SMILES string of the molecule is CC1CCC(CBr)(OC2CC(C)CCC2C(C)C)CC1. The average Bonchev–Trinajstić information content (AvgIpc) is 2.41. The van der Waals surface area contributed by atoms with Crippen LogP contribution >= 0.6 is 15.9 Å². The molecule has 1 nitrogen and oxygen atoms in total. The number of hydrogen-bond acceptors (Lipinski definition) is 1. The predicted octanol–water partition coefficient (Wildman–Crippen LogP) is 5.81. The molecule has 3 atom stereocenters. The first-order valence-corrected chi connectivity index (χ1v) is 9.81. The van der Waals surface area contributed by atoms with Crippen molar-refractivity contribution in [2.45, 2.75) is 84.3 Å². The Hall–Kier alpha value is 0.440. The van der Waals surface area contributed by atoms with Crippen molar-refractivity contribution in [3.8, 4) is 0 Å². The third kappa shape index (κ3) is 4.00. The second kappa shape index (κ2) is 7.13. The van der Waals surface area contributed by atoms with Gasteiger partial charge in [0.2, 0.25) is 0 Å². The van der Waals surface area contributed by atoms with Crippen molar-refractivity contribution < 1.29 is 4.74 Å². The molecule has 20 heavy (non-hydrogen) atoms. The van der Waals surface area contributed by atoms with Crippen LogP contribution in [0.25, 0.3) is 0 Å². The molecule has 2 fully saturated rings. The molecule has 0 bridgehead atoms. The largest absolute Gasteiger partial charge is 0.371 e.